The highest BCUT2D eigenvalue weighted by atomic mass is 35.5. The lowest BCUT2D eigenvalue weighted by molar-refractivity contribution is -0.119. The van der Waals surface area contributed by atoms with Crippen molar-refractivity contribution < 1.29 is 22.7 Å². The Bertz CT molecular complexity index is 1320. The quantitative estimate of drug-likeness (QED) is 0.546. The van der Waals surface area contributed by atoms with Gasteiger partial charge in [-0.15, -0.1) is 0 Å². The number of carbonyl (C=O) groups excluding carboxylic acids is 2. The summed E-state index contributed by atoms with van der Waals surface area (Å²) in [5.41, 5.74) is 2.78. The van der Waals surface area contributed by atoms with Crippen LogP contribution in [0.15, 0.2) is 47.4 Å². The van der Waals surface area contributed by atoms with E-state index >= 15 is 0 Å². The number of nitrogens with zero attached hydrogens (tertiary/aromatic N) is 2. The number of rotatable bonds is 6. The number of aromatic nitrogens is 1. The van der Waals surface area contributed by atoms with Crippen LogP contribution >= 0.6 is 11.6 Å². The average molecular weight is 476 g/mol. The maximum absolute atomic E-state index is 12.7. The number of pyridine rings is 1. The standard InChI is InChI=1S/C22H22ClN3O5S/c1-13-5-8-19-16(9-13)17(10-14(2)24-19)22(28)31-12-21(27)25-15-6-7-18(23)20(11-15)32(29,30)26(3)4/h5-11H,12H2,1-4H3,(H,25,27). The van der Waals surface area contributed by atoms with E-state index in [2.05, 4.69) is 10.3 Å². The highest BCUT2D eigenvalue weighted by Crippen LogP contribution is 2.27. The first kappa shape index (κ1) is 23.6. The largest absolute Gasteiger partial charge is 0.452 e. The van der Waals surface area contributed by atoms with Crippen molar-refractivity contribution in [2.24, 2.45) is 0 Å². The second-order valence-corrected chi connectivity index (χ2v) is 9.92. The summed E-state index contributed by atoms with van der Waals surface area (Å²) < 4.78 is 31.0. The first-order valence-electron chi connectivity index (χ1n) is 9.56. The molecule has 0 atom stereocenters. The molecule has 8 nitrogen and oxygen atoms in total. The van der Waals surface area contributed by atoms with Gasteiger partial charge in [0.05, 0.1) is 16.1 Å². The van der Waals surface area contributed by atoms with Gasteiger partial charge in [-0.1, -0.05) is 23.2 Å². The number of sulfonamides is 1. The molecule has 3 rings (SSSR count). The molecule has 1 amide bonds. The molecule has 1 aromatic heterocycles. The van der Waals surface area contributed by atoms with Crippen LogP contribution in [0.25, 0.3) is 10.9 Å². The van der Waals surface area contributed by atoms with Crippen molar-refractivity contribution in [1.29, 1.82) is 0 Å². The predicted molar refractivity (Wildman–Crippen MR) is 122 cm³/mol. The normalized spacial score (nSPS) is 11.6. The Morgan fingerprint density at radius 1 is 1.09 bits per heavy atom. The predicted octanol–water partition coefficient (Wildman–Crippen LogP) is 3.55. The van der Waals surface area contributed by atoms with Crippen molar-refractivity contribution in [3.8, 4) is 0 Å². The number of aryl methyl sites for hydroxylation is 2. The van der Waals surface area contributed by atoms with E-state index in [1.807, 2.05) is 25.1 Å². The highest BCUT2D eigenvalue weighted by Gasteiger charge is 2.22. The third kappa shape index (κ3) is 5.07. The van der Waals surface area contributed by atoms with E-state index < -0.39 is 28.5 Å². The molecular formula is C22H22ClN3O5S. The van der Waals surface area contributed by atoms with Crippen LogP contribution in [0.1, 0.15) is 21.6 Å². The molecule has 0 spiro atoms. The number of hydrogen-bond acceptors (Lipinski definition) is 6. The minimum Gasteiger partial charge on any atom is -0.452 e. The number of hydrogen-bond donors (Lipinski definition) is 1. The minimum absolute atomic E-state index is 0.0263. The molecule has 0 aliphatic carbocycles. The molecule has 2 aromatic carbocycles. The molecule has 0 aliphatic heterocycles. The van der Waals surface area contributed by atoms with Gasteiger partial charge in [0.1, 0.15) is 4.90 Å². The van der Waals surface area contributed by atoms with Gasteiger partial charge in [0.25, 0.3) is 5.91 Å². The maximum Gasteiger partial charge on any atom is 0.339 e. The molecule has 10 heteroatoms. The molecule has 1 heterocycles. The topological polar surface area (TPSA) is 106 Å². The van der Waals surface area contributed by atoms with Crippen molar-refractivity contribution in [1.82, 2.24) is 9.29 Å². The zero-order chi connectivity index (χ0) is 23.6. The number of carbonyl (C=O) groups is 2. The SMILES string of the molecule is Cc1ccc2nc(C)cc(C(=O)OCC(=O)Nc3ccc(Cl)c(S(=O)(=O)N(C)C)c3)c2c1. The Labute approximate surface area is 191 Å². The summed E-state index contributed by atoms with van der Waals surface area (Å²) in [7, 11) is -1.04. The zero-order valence-corrected chi connectivity index (χ0v) is 19.5. The Morgan fingerprint density at radius 3 is 2.50 bits per heavy atom. The second-order valence-electron chi connectivity index (χ2n) is 7.39. The molecule has 0 unspecified atom stereocenters. The number of anilines is 1. The first-order chi connectivity index (χ1) is 15.0. The Kier molecular flexibility index (Phi) is 6.82. The van der Waals surface area contributed by atoms with E-state index in [0.29, 0.717) is 22.2 Å². The van der Waals surface area contributed by atoms with Crippen LogP contribution < -0.4 is 5.32 Å². The molecule has 1 N–H and O–H groups in total. The zero-order valence-electron chi connectivity index (χ0n) is 18.0. The molecule has 0 bridgehead atoms. The molecular weight excluding hydrogens is 454 g/mol. The van der Waals surface area contributed by atoms with Gasteiger partial charge in [-0.25, -0.2) is 17.5 Å². The van der Waals surface area contributed by atoms with Gasteiger partial charge in [-0.2, -0.15) is 0 Å². The van der Waals surface area contributed by atoms with Crippen LogP contribution in [-0.2, 0) is 19.6 Å². The van der Waals surface area contributed by atoms with Gasteiger partial charge in [0.15, 0.2) is 6.61 Å². The maximum atomic E-state index is 12.7. The third-order valence-electron chi connectivity index (χ3n) is 4.62. The third-order valence-corrected chi connectivity index (χ3v) is 6.92. The van der Waals surface area contributed by atoms with Crippen LogP contribution in [0.5, 0.6) is 0 Å². The number of nitrogens with one attached hydrogen (secondary N) is 1. The van der Waals surface area contributed by atoms with Crippen LogP contribution in [0, 0.1) is 13.8 Å². The fourth-order valence-electron chi connectivity index (χ4n) is 3.02. The van der Waals surface area contributed by atoms with Gasteiger partial charge in [0, 0.05) is 30.9 Å². The number of fused-ring (bicyclic) bond motifs is 1. The van der Waals surface area contributed by atoms with Gasteiger partial charge >= 0.3 is 5.97 Å². The average Bonchev–Trinajstić information content (AvgIpc) is 2.72. The molecule has 0 fully saturated rings. The summed E-state index contributed by atoms with van der Waals surface area (Å²) >= 11 is 6.01. The molecule has 0 saturated heterocycles. The summed E-state index contributed by atoms with van der Waals surface area (Å²) in [5, 5.41) is 3.18. The fourth-order valence-corrected chi connectivity index (χ4v) is 4.42. The molecule has 0 radical (unpaired) electrons. The summed E-state index contributed by atoms with van der Waals surface area (Å²) in [6, 6.07) is 11.2. The van der Waals surface area contributed by atoms with E-state index in [9.17, 15) is 18.0 Å². The number of halogens is 1. The van der Waals surface area contributed by atoms with Crippen molar-refractivity contribution >= 4 is 50.1 Å². The molecule has 0 saturated carbocycles. The smallest absolute Gasteiger partial charge is 0.339 e. The lowest BCUT2D eigenvalue weighted by Crippen LogP contribution is -2.23. The first-order valence-corrected chi connectivity index (χ1v) is 11.4. The lowest BCUT2D eigenvalue weighted by atomic mass is 10.1. The van der Waals surface area contributed by atoms with E-state index in [1.165, 1.54) is 32.3 Å². The van der Waals surface area contributed by atoms with Gasteiger partial charge in [0.2, 0.25) is 10.0 Å². The summed E-state index contributed by atoms with van der Waals surface area (Å²) in [5.74, 6) is -1.28. The van der Waals surface area contributed by atoms with E-state index in [1.54, 1.807) is 13.0 Å². The van der Waals surface area contributed by atoms with E-state index in [-0.39, 0.29) is 15.6 Å². The van der Waals surface area contributed by atoms with Crippen molar-refractivity contribution in [3.05, 3.63) is 64.3 Å². The Morgan fingerprint density at radius 2 is 1.81 bits per heavy atom. The molecule has 3 aromatic rings. The van der Waals surface area contributed by atoms with Gasteiger partial charge in [-0.05, 0) is 50.2 Å². The van der Waals surface area contributed by atoms with Crippen molar-refractivity contribution in [3.63, 3.8) is 0 Å². The fraction of sp³-hybridized carbons (Fsp3) is 0.227. The van der Waals surface area contributed by atoms with Gasteiger partial charge in [-0.3, -0.25) is 9.78 Å². The summed E-state index contributed by atoms with van der Waals surface area (Å²) in [6.45, 7) is 3.12. The molecule has 32 heavy (non-hydrogen) atoms. The van der Waals surface area contributed by atoms with Crippen LogP contribution in [0.3, 0.4) is 0 Å². The monoisotopic (exact) mass is 475 g/mol. The van der Waals surface area contributed by atoms with E-state index in [0.717, 1.165) is 9.87 Å². The summed E-state index contributed by atoms with van der Waals surface area (Å²) in [6.07, 6.45) is 0. The number of benzene rings is 2. The molecule has 0 aliphatic rings. The highest BCUT2D eigenvalue weighted by molar-refractivity contribution is 7.89. The van der Waals surface area contributed by atoms with Crippen molar-refractivity contribution in [2.45, 2.75) is 18.7 Å². The van der Waals surface area contributed by atoms with Crippen LogP contribution in [-0.4, -0.2) is 50.3 Å². The van der Waals surface area contributed by atoms with E-state index in [4.69, 9.17) is 16.3 Å². The minimum atomic E-state index is -3.80. The van der Waals surface area contributed by atoms with Crippen LogP contribution in [0.4, 0.5) is 5.69 Å². The van der Waals surface area contributed by atoms with Crippen LogP contribution in [0.2, 0.25) is 5.02 Å². The lowest BCUT2D eigenvalue weighted by Gasteiger charge is -2.14. The second kappa shape index (κ2) is 9.23. The van der Waals surface area contributed by atoms with Crippen molar-refractivity contribution in [2.75, 3.05) is 26.0 Å². The molecule has 168 valence electrons. The number of amides is 1. The summed E-state index contributed by atoms with van der Waals surface area (Å²) in [4.78, 5) is 29.2. The number of esters is 1. The van der Waals surface area contributed by atoms with Gasteiger partial charge < -0.3 is 10.1 Å². The Balaban J connectivity index is 1.74. The number of ether oxygens (including phenoxy) is 1. The Hall–Kier alpha value is -3.01.